The van der Waals surface area contributed by atoms with Crippen molar-refractivity contribution < 1.29 is 9.59 Å². The quantitative estimate of drug-likeness (QED) is 0.775. The van der Waals surface area contributed by atoms with Gasteiger partial charge in [-0.3, -0.25) is 0 Å². The van der Waals surface area contributed by atoms with E-state index in [0.717, 1.165) is 5.56 Å². The molecule has 0 radical (unpaired) electrons. The molecule has 0 bridgehead atoms. The van der Waals surface area contributed by atoms with Crippen molar-refractivity contribution in [1.29, 1.82) is 0 Å². The summed E-state index contributed by atoms with van der Waals surface area (Å²) in [6, 6.07) is 19.0. The minimum atomic E-state index is -3.32. The Labute approximate surface area is 96.1 Å². The average molecular weight is 230 g/mol. The van der Waals surface area contributed by atoms with Gasteiger partial charge in [-0.15, -0.1) is 0 Å². The van der Waals surface area contributed by atoms with Crippen LogP contribution in [0, 0.1) is 0 Å². The standard InChI is InChI=1S/C13H14O2Si/c14-16(15,13-9-5-2-6-10-13)11-12-7-3-1-4-8-12/h1-10,14-15H,11H2. The van der Waals surface area contributed by atoms with Gasteiger partial charge in [0.25, 0.3) is 0 Å². The lowest BCUT2D eigenvalue weighted by Gasteiger charge is -2.18. The second-order valence-electron chi connectivity index (χ2n) is 3.85. The predicted octanol–water partition coefficient (Wildman–Crippen LogP) is 1.10. The van der Waals surface area contributed by atoms with E-state index in [4.69, 9.17) is 0 Å². The molecule has 0 saturated carbocycles. The fourth-order valence-electron chi connectivity index (χ4n) is 1.69. The molecule has 2 aromatic rings. The molecule has 82 valence electrons. The molecular weight excluding hydrogens is 216 g/mol. The van der Waals surface area contributed by atoms with E-state index in [9.17, 15) is 9.59 Å². The third-order valence-corrected chi connectivity index (χ3v) is 4.69. The van der Waals surface area contributed by atoms with E-state index in [1.54, 1.807) is 12.1 Å². The van der Waals surface area contributed by atoms with Crippen LogP contribution in [0.2, 0.25) is 0 Å². The Morgan fingerprint density at radius 1 is 0.750 bits per heavy atom. The van der Waals surface area contributed by atoms with Crippen LogP contribution >= 0.6 is 0 Å². The zero-order valence-electron chi connectivity index (χ0n) is 8.88. The molecule has 0 fully saturated rings. The Bertz CT molecular complexity index is 440. The largest absolute Gasteiger partial charge is 0.407 e. The van der Waals surface area contributed by atoms with Gasteiger partial charge in [0.15, 0.2) is 0 Å². The molecule has 0 aliphatic rings. The molecule has 0 spiro atoms. The molecule has 2 nitrogen and oxygen atoms in total. The molecule has 3 heteroatoms. The second kappa shape index (κ2) is 4.61. The predicted molar refractivity (Wildman–Crippen MR) is 66.4 cm³/mol. The summed E-state index contributed by atoms with van der Waals surface area (Å²) in [6.07, 6.45) is 0. The first-order chi connectivity index (χ1) is 7.68. The van der Waals surface area contributed by atoms with Gasteiger partial charge in [-0.1, -0.05) is 60.7 Å². The number of rotatable bonds is 3. The van der Waals surface area contributed by atoms with Crippen LogP contribution in [0.4, 0.5) is 0 Å². The average Bonchev–Trinajstić information content (AvgIpc) is 2.31. The number of hydrogen-bond donors (Lipinski definition) is 2. The molecule has 0 heterocycles. The van der Waals surface area contributed by atoms with Crippen molar-refractivity contribution in [2.24, 2.45) is 0 Å². The van der Waals surface area contributed by atoms with Gasteiger partial charge in [0.05, 0.1) is 0 Å². The molecular formula is C13H14O2Si. The van der Waals surface area contributed by atoms with E-state index >= 15 is 0 Å². The second-order valence-corrected chi connectivity index (χ2v) is 6.41. The van der Waals surface area contributed by atoms with E-state index < -0.39 is 8.56 Å². The third-order valence-electron chi connectivity index (χ3n) is 2.53. The highest BCUT2D eigenvalue weighted by Crippen LogP contribution is 2.07. The van der Waals surface area contributed by atoms with E-state index in [-0.39, 0.29) is 0 Å². The van der Waals surface area contributed by atoms with Crippen molar-refractivity contribution in [2.45, 2.75) is 6.04 Å². The fourth-order valence-corrected chi connectivity index (χ4v) is 3.42. The van der Waals surface area contributed by atoms with Crippen LogP contribution in [0.25, 0.3) is 0 Å². The Balaban J connectivity index is 2.21. The van der Waals surface area contributed by atoms with E-state index in [0.29, 0.717) is 11.2 Å². The summed E-state index contributed by atoms with van der Waals surface area (Å²) in [5.74, 6) is 0. The van der Waals surface area contributed by atoms with Gasteiger partial charge in [0, 0.05) is 6.04 Å². The molecule has 0 amide bonds. The van der Waals surface area contributed by atoms with Crippen molar-refractivity contribution in [1.82, 2.24) is 0 Å². The first kappa shape index (κ1) is 11.1. The third kappa shape index (κ3) is 2.58. The molecule has 0 saturated heterocycles. The van der Waals surface area contributed by atoms with Crippen molar-refractivity contribution >= 4 is 13.7 Å². The molecule has 0 unspecified atom stereocenters. The van der Waals surface area contributed by atoms with Crippen LogP contribution in [0.15, 0.2) is 60.7 Å². The summed E-state index contributed by atoms with van der Waals surface area (Å²) in [5.41, 5.74) is 0.961. The lowest BCUT2D eigenvalue weighted by atomic mass is 10.2. The highest BCUT2D eigenvalue weighted by atomic mass is 28.4. The smallest absolute Gasteiger partial charge is 0.371 e. The summed E-state index contributed by atoms with van der Waals surface area (Å²) in [6.45, 7) is 0. The number of benzene rings is 2. The van der Waals surface area contributed by atoms with E-state index in [2.05, 4.69) is 0 Å². The maximum atomic E-state index is 10.1. The van der Waals surface area contributed by atoms with Gasteiger partial charge in [-0.2, -0.15) is 0 Å². The van der Waals surface area contributed by atoms with Crippen LogP contribution in [0.5, 0.6) is 0 Å². The molecule has 0 aliphatic carbocycles. The molecule has 0 atom stereocenters. The van der Waals surface area contributed by atoms with E-state index in [1.807, 2.05) is 48.5 Å². The van der Waals surface area contributed by atoms with Crippen molar-refractivity contribution in [2.75, 3.05) is 0 Å². The van der Waals surface area contributed by atoms with E-state index in [1.165, 1.54) is 0 Å². The fraction of sp³-hybridized carbons (Fsp3) is 0.0769. The molecule has 2 aromatic carbocycles. The van der Waals surface area contributed by atoms with Crippen molar-refractivity contribution in [3.63, 3.8) is 0 Å². The molecule has 0 aromatic heterocycles. The molecule has 16 heavy (non-hydrogen) atoms. The van der Waals surface area contributed by atoms with Gasteiger partial charge >= 0.3 is 8.56 Å². The first-order valence-electron chi connectivity index (χ1n) is 5.23. The summed E-state index contributed by atoms with van der Waals surface area (Å²) in [4.78, 5) is 20.3. The summed E-state index contributed by atoms with van der Waals surface area (Å²) in [7, 11) is -3.32. The van der Waals surface area contributed by atoms with Gasteiger partial charge in [0.2, 0.25) is 0 Å². The highest BCUT2D eigenvalue weighted by Gasteiger charge is 2.31. The molecule has 2 N–H and O–H groups in total. The lowest BCUT2D eigenvalue weighted by molar-refractivity contribution is 0.379. The van der Waals surface area contributed by atoms with Gasteiger partial charge in [0.1, 0.15) is 0 Å². The Hall–Kier alpha value is -1.42. The van der Waals surface area contributed by atoms with Crippen molar-refractivity contribution in [3.05, 3.63) is 66.2 Å². The summed E-state index contributed by atoms with van der Waals surface area (Å²) < 4.78 is 0. The molecule has 2 rings (SSSR count). The highest BCUT2D eigenvalue weighted by molar-refractivity contribution is 6.78. The van der Waals surface area contributed by atoms with Gasteiger partial charge in [-0.05, 0) is 10.8 Å². The zero-order valence-corrected chi connectivity index (χ0v) is 9.88. The lowest BCUT2D eigenvalue weighted by Crippen LogP contribution is -2.50. The van der Waals surface area contributed by atoms with Crippen LogP contribution < -0.4 is 5.19 Å². The topological polar surface area (TPSA) is 40.5 Å². The first-order valence-corrected chi connectivity index (χ1v) is 7.33. The number of hydrogen-bond acceptors (Lipinski definition) is 2. The minimum absolute atomic E-state index is 0.331. The van der Waals surface area contributed by atoms with Crippen LogP contribution in [0.1, 0.15) is 5.56 Å². The minimum Gasteiger partial charge on any atom is -0.407 e. The summed E-state index contributed by atoms with van der Waals surface area (Å²) in [5, 5.41) is 0.652. The van der Waals surface area contributed by atoms with Crippen LogP contribution in [0.3, 0.4) is 0 Å². The van der Waals surface area contributed by atoms with Crippen LogP contribution in [-0.4, -0.2) is 18.2 Å². The summed E-state index contributed by atoms with van der Waals surface area (Å²) >= 11 is 0. The van der Waals surface area contributed by atoms with Crippen LogP contribution in [-0.2, 0) is 6.04 Å². The Kier molecular flexibility index (Phi) is 3.19. The zero-order chi connectivity index (χ0) is 11.4. The van der Waals surface area contributed by atoms with Gasteiger partial charge < -0.3 is 9.59 Å². The molecule has 0 aliphatic heterocycles. The SMILES string of the molecule is O[Si](O)(Cc1ccccc1)c1ccccc1. The van der Waals surface area contributed by atoms with Gasteiger partial charge in [-0.25, -0.2) is 0 Å². The maximum absolute atomic E-state index is 10.1. The normalized spacial score (nSPS) is 11.4. The maximum Gasteiger partial charge on any atom is 0.371 e. The van der Waals surface area contributed by atoms with Crippen molar-refractivity contribution in [3.8, 4) is 0 Å². The monoisotopic (exact) mass is 230 g/mol. The Morgan fingerprint density at radius 2 is 1.25 bits per heavy atom. The Morgan fingerprint density at radius 3 is 1.81 bits per heavy atom.